The highest BCUT2D eigenvalue weighted by atomic mass is 14.9. The van der Waals surface area contributed by atoms with Gasteiger partial charge in [0, 0.05) is 30.7 Å². The van der Waals surface area contributed by atoms with Crippen molar-refractivity contribution in [2.24, 2.45) is 7.05 Å². The summed E-state index contributed by atoms with van der Waals surface area (Å²) in [4.78, 5) is 0. The highest BCUT2D eigenvalue weighted by molar-refractivity contribution is 5.85. The Morgan fingerprint density at radius 2 is 2.06 bits per heavy atom. The minimum Gasteiger partial charge on any atom is -0.350 e. The molecule has 0 aliphatic carbocycles. The normalized spacial score (nSPS) is 11.6. The Morgan fingerprint density at radius 1 is 1.31 bits per heavy atom. The van der Waals surface area contributed by atoms with Gasteiger partial charge in [-0.3, -0.25) is 0 Å². The molecule has 0 fully saturated rings. The molecule has 2 aromatic rings. The van der Waals surface area contributed by atoms with Crippen molar-refractivity contribution < 1.29 is 0 Å². The first-order valence-electron chi connectivity index (χ1n) is 5.86. The Labute approximate surface area is 97.3 Å². The summed E-state index contributed by atoms with van der Waals surface area (Å²) in [6.45, 7) is 5.43. The molecule has 2 rings (SSSR count). The zero-order valence-corrected chi connectivity index (χ0v) is 10.5. The second-order valence-electron chi connectivity index (χ2n) is 4.73. The van der Waals surface area contributed by atoms with Gasteiger partial charge in [0.05, 0.1) is 0 Å². The lowest BCUT2D eigenvalue weighted by atomic mass is 10.0. The third-order valence-electron chi connectivity index (χ3n) is 3.09. The molecule has 86 valence electrons. The summed E-state index contributed by atoms with van der Waals surface area (Å²) in [7, 11) is 4.10. The number of hydrogen-bond donors (Lipinski definition) is 1. The fourth-order valence-electron chi connectivity index (χ4n) is 2.24. The van der Waals surface area contributed by atoms with Gasteiger partial charge in [-0.2, -0.15) is 0 Å². The monoisotopic (exact) mass is 216 g/mol. The summed E-state index contributed by atoms with van der Waals surface area (Å²) in [6, 6.07) is 6.72. The SMILES string of the molecule is CNCc1ccc2c(c1)c(C(C)C)cn2C. The van der Waals surface area contributed by atoms with Crippen LogP contribution in [0, 0.1) is 0 Å². The van der Waals surface area contributed by atoms with Crippen molar-refractivity contribution in [2.45, 2.75) is 26.3 Å². The molecule has 0 amide bonds. The van der Waals surface area contributed by atoms with Gasteiger partial charge in [-0.1, -0.05) is 19.9 Å². The van der Waals surface area contributed by atoms with Crippen molar-refractivity contribution in [2.75, 3.05) is 7.05 Å². The highest BCUT2D eigenvalue weighted by Crippen LogP contribution is 2.27. The van der Waals surface area contributed by atoms with Crippen molar-refractivity contribution >= 4 is 10.9 Å². The summed E-state index contributed by atoms with van der Waals surface area (Å²) >= 11 is 0. The third kappa shape index (κ3) is 1.85. The molecule has 1 N–H and O–H groups in total. The van der Waals surface area contributed by atoms with Gasteiger partial charge in [0.25, 0.3) is 0 Å². The predicted molar refractivity (Wildman–Crippen MR) is 69.8 cm³/mol. The molecule has 1 heterocycles. The number of aromatic nitrogens is 1. The zero-order valence-electron chi connectivity index (χ0n) is 10.5. The van der Waals surface area contributed by atoms with E-state index in [-0.39, 0.29) is 0 Å². The molecule has 0 bridgehead atoms. The van der Waals surface area contributed by atoms with Crippen molar-refractivity contribution in [1.82, 2.24) is 9.88 Å². The molecular formula is C14H20N2. The molecule has 0 aliphatic rings. The molecular weight excluding hydrogens is 196 g/mol. The number of hydrogen-bond acceptors (Lipinski definition) is 1. The van der Waals surface area contributed by atoms with Crippen LogP contribution in [0.25, 0.3) is 10.9 Å². The standard InChI is InChI=1S/C14H20N2/c1-10(2)13-9-16(4)14-6-5-11(8-15-3)7-12(13)14/h5-7,9-10,15H,8H2,1-4H3. The molecule has 2 nitrogen and oxygen atoms in total. The van der Waals surface area contributed by atoms with Gasteiger partial charge in [0.2, 0.25) is 0 Å². The summed E-state index contributed by atoms with van der Waals surface area (Å²) in [5, 5.41) is 4.59. The second kappa shape index (κ2) is 4.30. The smallest absolute Gasteiger partial charge is 0.0480 e. The van der Waals surface area contributed by atoms with E-state index < -0.39 is 0 Å². The summed E-state index contributed by atoms with van der Waals surface area (Å²) in [5.41, 5.74) is 4.11. The van der Waals surface area contributed by atoms with E-state index in [9.17, 15) is 0 Å². The predicted octanol–water partition coefficient (Wildman–Crippen LogP) is 3.02. The Balaban J connectivity index is 2.60. The number of fused-ring (bicyclic) bond motifs is 1. The molecule has 0 aliphatic heterocycles. The molecule has 0 unspecified atom stereocenters. The fourth-order valence-corrected chi connectivity index (χ4v) is 2.24. The van der Waals surface area contributed by atoms with E-state index in [1.165, 1.54) is 22.0 Å². The first kappa shape index (κ1) is 11.2. The number of rotatable bonds is 3. The van der Waals surface area contributed by atoms with Gasteiger partial charge < -0.3 is 9.88 Å². The van der Waals surface area contributed by atoms with Crippen molar-refractivity contribution in [3.8, 4) is 0 Å². The van der Waals surface area contributed by atoms with Crippen molar-refractivity contribution in [3.05, 3.63) is 35.5 Å². The number of benzene rings is 1. The third-order valence-corrected chi connectivity index (χ3v) is 3.09. The Kier molecular flexibility index (Phi) is 3.01. The average molecular weight is 216 g/mol. The molecule has 0 saturated heterocycles. The summed E-state index contributed by atoms with van der Waals surface area (Å²) in [6.07, 6.45) is 2.25. The molecule has 2 heteroatoms. The topological polar surface area (TPSA) is 17.0 Å². The van der Waals surface area contributed by atoms with Crippen LogP contribution in [0.5, 0.6) is 0 Å². The van der Waals surface area contributed by atoms with Crippen LogP contribution in [-0.2, 0) is 13.6 Å². The van der Waals surface area contributed by atoms with E-state index in [0.717, 1.165) is 6.54 Å². The van der Waals surface area contributed by atoms with Crippen LogP contribution in [0.4, 0.5) is 0 Å². The maximum atomic E-state index is 3.20. The van der Waals surface area contributed by atoms with Crippen LogP contribution in [0.3, 0.4) is 0 Å². The first-order valence-corrected chi connectivity index (χ1v) is 5.86. The zero-order chi connectivity index (χ0) is 11.7. The minimum atomic E-state index is 0.577. The van der Waals surface area contributed by atoms with E-state index in [2.05, 4.69) is 55.2 Å². The number of aryl methyl sites for hydroxylation is 1. The van der Waals surface area contributed by atoms with Gasteiger partial charge in [-0.05, 0) is 36.2 Å². The molecule has 0 spiro atoms. The van der Waals surface area contributed by atoms with Gasteiger partial charge in [-0.15, -0.1) is 0 Å². The van der Waals surface area contributed by atoms with Crippen LogP contribution in [0.15, 0.2) is 24.4 Å². The second-order valence-corrected chi connectivity index (χ2v) is 4.73. The fraction of sp³-hybridized carbons (Fsp3) is 0.429. The average Bonchev–Trinajstić information content (AvgIpc) is 2.57. The highest BCUT2D eigenvalue weighted by Gasteiger charge is 2.09. The van der Waals surface area contributed by atoms with Crippen molar-refractivity contribution in [1.29, 1.82) is 0 Å². The molecule has 0 atom stereocenters. The van der Waals surface area contributed by atoms with Crippen LogP contribution in [0.2, 0.25) is 0 Å². The van der Waals surface area contributed by atoms with E-state index in [0.29, 0.717) is 5.92 Å². The van der Waals surface area contributed by atoms with E-state index >= 15 is 0 Å². The van der Waals surface area contributed by atoms with Gasteiger partial charge in [0.1, 0.15) is 0 Å². The Hall–Kier alpha value is -1.28. The number of nitrogens with one attached hydrogen (secondary N) is 1. The molecule has 0 radical (unpaired) electrons. The van der Waals surface area contributed by atoms with E-state index in [4.69, 9.17) is 0 Å². The largest absolute Gasteiger partial charge is 0.350 e. The molecule has 16 heavy (non-hydrogen) atoms. The van der Waals surface area contributed by atoms with E-state index in [1.807, 2.05) is 7.05 Å². The van der Waals surface area contributed by atoms with Gasteiger partial charge in [0.15, 0.2) is 0 Å². The van der Waals surface area contributed by atoms with Crippen LogP contribution < -0.4 is 5.32 Å². The van der Waals surface area contributed by atoms with Crippen LogP contribution in [-0.4, -0.2) is 11.6 Å². The van der Waals surface area contributed by atoms with Crippen LogP contribution in [0.1, 0.15) is 30.9 Å². The molecule has 0 saturated carbocycles. The Morgan fingerprint density at radius 3 is 2.69 bits per heavy atom. The quantitative estimate of drug-likeness (QED) is 0.834. The van der Waals surface area contributed by atoms with Crippen LogP contribution >= 0.6 is 0 Å². The maximum absolute atomic E-state index is 3.20. The van der Waals surface area contributed by atoms with Crippen molar-refractivity contribution in [3.63, 3.8) is 0 Å². The lowest BCUT2D eigenvalue weighted by Gasteiger charge is -2.04. The van der Waals surface area contributed by atoms with Gasteiger partial charge in [-0.25, -0.2) is 0 Å². The van der Waals surface area contributed by atoms with E-state index in [1.54, 1.807) is 0 Å². The summed E-state index contributed by atoms with van der Waals surface area (Å²) < 4.78 is 2.22. The molecule has 1 aromatic carbocycles. The van der Waals surface area contributed by atoms with Gasteiger partial charge >= 0.3 is 0 Å². The lowest BCUT2D eigenvalue weighted by Crippen LogP contribution is -2.04. The lowest BCUT2D eigenvalue weighted by molar-refractivity contribution is 0.818. The maximum Gasteiger partial charge on any atom is 0.0480 e. The molecule has 1 aromatic heterocycles. The Bertz CT molecular complexity index is 495. The first-order chi connectivity index (χ1) is 7.63. The number of nitrogens with zero attached hydrogens (tertiary/aromatic N) is 1. The summed E-state index contributed by atoms with van der Waals surface area (Å²) in [5.74, 6) is 0.577. The minimum absolute atomic E-state index is 0.577.